The number of benzene rings is 1. The molecule has 186 valence electrons. The van der Waals surface area contributed by atoms with Crippen molar-refractivity contribution in [3.05, 3.63) is 72.4 Å². The Morgan fingerprint density at radius 1 is 1.11 bits per heavy atom. The van der Waals surface area contributed by atoms with Crippen LogP contribution in [0, 0.1) is 23.7 Å². The van der Waals surface area contributed by atoms with Gasteiger partial charge < -0.3 is 15.2 Å². The molecule has 3 aliphatic rings. The number of hydrogen-bond acceptors (Lipinski definition) is 5. The van der Waals surface area contributed by atoms with Crippen molar-refractivity contribution < 1.29 is 24.2 Å². The first-order valence-corrected chi connectivity index (χ1v) is 12.6. The van der Waals surface area contributed by atoms with Crippen molar-refractivity contribution in [3.63, 3.8) is 0 Å². The molecule has 2 aliphatic heterocycles. The summed E-state index contributed by atoms with van der Waals surface area (Å²) in [5.41, 5.74) is -0.181. The van der Waals surface area contributed by atoms with Gasteiger partial charge in [0.1, 0.15) is 0 Å². The Bertz CT molecular complexity index is 1040. The molecule has 1 aliphatic carbocycles. The minimum Gasteiger partial charge on any atom is -0.444 e. The van der Waals surface area contributed by atoms with Gasteiger partial charge in [0.25, 0.3) is 5.91 Å². The van der Waals surface area contributed by atoms with Crippen molar-refractivity contribution in [2.24, 2.45) is 23.7 Å². The molecule has 2 heterocycles. The van der Waals surface area contributed by atoms with Crippen LogP contribution in [0.15, 0.2) is 66.8 Å². The summed E-state index contributed by atoms with van der Waals surface area (Å²) in [6, 6.07) is 9.47. The van der Waals surface area contributed by atoms with Gasteiger partial charge in [-0.25, -0.2) is 4.79 Å². The fourth-order valence-corrected chi connectivity index (χ4v) is 5.91. The third-order valence-corrected chi connectivity index (χ3v) is 7.84. The van der Waals surface area contributed by atoms with Gasteiger partial charge in [0.2, 0.25) is 5.60 Å². The van der Waals surface area contributed by atoms with Gasteiger partial charge >= 0.3 is 5.97 Å². The molecule has 1 aromatic rings. The van der Waals surface area contributed by atoms with Crippen molar-refractivity contribution in [1.29, 1.82) is 0 Å². The molecule has 35 heavy (non-hydrogen) atoms. The quantitative estimate of drug-likeness (QED) is 0.385. The molecule has 2 fully saturated rings. The van der Waals surface area contributed by atoms with E-state index in [9.17, 15) is 19.5 Å². The molecule has 7 atom stereocenters. The van der Waals surface area contributed by atoms with Gasteiger partial charge in [-0.2, -0.15) is 0 Å². The molecule has 1 spiro atoms. The summed E-state index contributed by atoms with van der Waals surface area (Å²) < 4.78 is 5.99. The third-order valence-electron chi connectivity index (χ3n) is 7.84. The average molecular weight is 478 g/mol. The molecule has 1 saturated heterocycles. The maximum Gasteiger partial charge on any atom is 0.331 e. The van der Waals surface area contributed by atoms with Crippen LogP contribution in [0.4, 0.5) is 0 Å². The number of nitrogens with one attached hydrogen (secondary N) is 1. The van der Waals surface area contributed by atoms with Crippen molar-refractivity contribution in [2.45, 2.75) is 63.7 Å². The number of amides is 1. The Labute approximate surface area is 207 Å². The first-order valence-electron chi connectivity index (χ1n) is 12.6. The number of allylic oxidation sites excluding steroid dienone is 2. The van der Waals surface area contributed by atoms with Gasteiger partial charge in [-0.05, 0) is 48.3 Å². The lowest BCUT2D eigenvalue weighted by Crippen LogP contribution is -2.60. The van der Waals surface area contributed by atoms with E-state index in [0.29, 0.717) is 24.3 Å². The van der Waals surface area contributed by atoms with Crippen LogP contribution < -0.4 is 5.32 Å². The second-order valence-corrected chi connectivity index (χ2v) is 10.3. The minimum absolute atomic E-state index is 0.267. The Morgan fingerprint density at radius 2 is 1.86 bits per heavy atom. The molecule has 1 saturated carbocycles. The number of Topliss-reactive ketones (excluding diaryl/α,β-unsaturated/α-hetero) is 1. The lowest BCUT2D eigenvalue weighted by atomic mass is 9.60. The Morgan fingerprint density at radius 3 is 2.60 bits per heavy atom. The molecule has 0 radical (unpaired) electrons. The zero-order chi connectivity index (χ0) is 25.2. The molecule has 4 rings (SSSR count). The smallest absolute Gasteiger partial charge is 0.331 e. The fourth-order valence-electron chi connectivity index (χ4n) is 5.91. The molecular formula is C29H35NO5. The zero-order valence-corrected chi connectivity index (χ0v) is 20.5. The van der Waals surface area contributed by atoms with Crippen molar-refractivity contribution in [2.75, 3.05) is 0 Å². The number of hydrogen-bond donors (Lipinski definition) is 2. The molecule has 6 heteroatoms. The van der Waals surface area contributed by atoms with Crippen LogP contribution in [-0.2, 0) is 25.5 Å². The molecule has 0 aromatic heterocycles. The van der Waals surface area contributed by atoms with E-state index >= 15 is 0 Å². The van der Waals surface area contributed by atoms with Crippen LogP contribution in [0.5, 0.6) is 0 Å². The van der Waals surface area contributed by atoms with Gasteiger partial charge in [-0.15, -0.1) is 0 Å². The van der Waals surface area contributed by atoms with Gasteiger partial charge in [-0.3, -0.25) is 9.59 Å². The molecule has 0 unspecified atom stereocenters. The first kappa shape index (κ1) is 25.1. The highest BCUT2D eigenvalue weighted by Gasteiger charge is 2.68. The second kappa shape index (κ2) is 10.3. The van der Waals surface area contributed by atoms with E-state index in [-0.39, 0.29) is 17.7 Å². The Balaban J connectivity index is 1.79. The molecule has 6 nitrogen and oxygen atoms in total. The molecule has 1 amide bonds. The second-order valence-electron chi connectivity index (χ2n) is 10.3. The van der Waals surface area contributed by atoms with Crippen LogP contribution in [0.25, 0.3) is 0 Å². The van der Waals surface area contributed by atoms with Gasteiger partial charge in [-0.1, -0.05) is 75.8 Å². The molecule has 1 aromatic carbocycles. The molecule has 2 N–H and O–H groups in total. The predicted octanol–water partition coefficient (Wildman–Crippen LogP) is 3.70. The van der Waals surface area contributed by atoms with Crippen LogP contribution in [0.1, 0.15) is 45.1 Å². The fraction of sp³-hybridized carbons (Fsp3) is 0.483. The van der Waals surface area contributed by atoms with Crippen molar-refractivity contribution >= 4 is 17.7 Å². The zero-order valence-electron chi connectivity index (χ0n) is 20.5. The highest BCUT2D eigenvalue weighted by molar-refractivity contribution is 6.07. The van der Waals surface area contributed by atoms with E-state index in [1.54, 1.807) is 6.08 Å². The Kier molecular flexibility index (Phi) is 7.41. The minimum atomic E-state index is -1.67. The van der Waals surface area contributed by atoms with Gasteiger partial charge in [0.05, 0.1) is 12.0 Å². The predicted molar refractivity (Wildman–Crippen MR) is 133 cm³/mol. The van der Waals surface area contributed by atoms with Crippen LogP contribution in [0.3, 0.4) is 0 Å². The van der Waals surface area contributed by atoms with Crippen LogP contribution in [-0.4, -0.2) is 40.5 Å². The first-order chi connectivity index (χ1) is 16.7. The largest absolute Gasteiger partial charge is 0.444 e. The number of aliphatic hydroxyl groups excluding tert-OH is 1. The molecule has 0 bridgehead atoms. The van der Waals surface area contributed by atoms with Crippen LogP contribution in [0.2, 0.25) is 0 Å². The Hall–Kier alpha value is -2.99. The van der Waals surface area contributed by atoms with Crippen LogP contribution >= 0.6 is 0 Å². The number of rotatable bonds is 2. The van der Waals surface area contributed by atoms with Crippen molar-refractivity contribution in [3.8, 4) is 0 Å². The summed E-state index contributed by atoms with van der Waals surface area (Å²) in [6.45, 7) is 8.09. The van der Waals surface area contributed by atoms with E-state index in [2.05, 4.69) is 18.8 Å². The maximum atomic E-state index is 13.7. The van der Waals surface area contributed by atoms with E-state index in [4.69, 9.17) is 4.74 Å². The maximum absolute atomic E-state index is 13.7. The summed E-state index contributed by atoms with van der Waals surface area (Å²) in [4.78, 5) is 40.2. The third kappa shape index (κ3) is 4.90. The van der Waals surface area contributed by atoms with E-state index in [0.717, 1.165) is 24.8 Å². The summed E-state index contributed by atoms with van der Waals surface area (Å²) >= 11 is 0. The number of carbonyl (C=O) groups excluding carboxylic acids is 3. The number of ether oxygens (including phenoxy) is 1. The molecular weight excluding hydrogens is 442 g/mol. The van der Waals surface area contributed by atoms with E-state index in [1.165, 1.54) is 12.2 Å². The highest BCUT2D eigenvalue weighted by Crippen LogP contribution is 2.51. The number of ketones is 1. The number of carbonyl (C=O) groups is 3. The van der Waals surface area contributed by atoms with Gasteiger partial charge in [0.15, 0.2) is 5.78 Å². The van der Waals surface area contributed by atoms with Gasteiger partial charge in [0, 0.05) is 18.0 Å². The monoisotopic (exact) mass is 477 g/mol. The summed E-state index contributed by atoms with van der Waals surface area (Å²) in [5, 5.41) is 13.3. The normalized spacial score (nSPS) is 37.9. The average Bonchev–Trinajstić information content (AvgIpc) is 3.09. The summed E-state index contributed by atoms with van der Waals surface area (Å²) in [5.74, 6) is -2.88. The highest BCUT2D eigenvalue weighted by atomic mass is 16.6. The standard InChI is InChI=1S/C29H35NO5/c1-18-9-7-13-22(31)15-16-25(32)35-29-23(14-8-10-18)27(33)20(3)19(2)26(29)24(30-28(29)34)17-21-11-5-4-6-12-21/h4-6,8,11-12,14-16,18-19,22-24,26,31H,3,7,9-10,13,17H2,1-2H3,(H,30,34)/b14-8+,16-15+/t18-,19-,22-,23+,24+,26+,29-/m1/s1. The summed E-state index contributed by atoms with van der Waals surface area (Å²) in [6.07, 6.45) is 9.06. The topological polar surface area (TPSA) is 92.7 Å². The summed E-state index contributed by atoms with van der Waals surface area (Å²) in [7, 11) is 0. The van der Waals surface area contributed by atoms with E-state index in [1.807, 2.05) is 43.3 Å². The lowest BCUT2D eigenvalue weighted by molar-refractivity contribution is -0.177. The van der Waals surface area contributed by atoms with Crippen molar-refractivity contribution in [1.82, 2.24) is 5.32 Å². The SMILES string of the molecule is C=C1C(=O)[C@@H]2/C=C/C[C@H](C)CCC[C@@H](O)/C=C/C(=O)O[C@]23C(=O)N[C@@H](Cc2ccccc2)[C@@H]3[C@@H]1C. The number of aliphatic hydroxyl groups is 1. The number of esters is 1. The lowest BCUT2D eigenvalue weighted by Gasteiger charge is -2.45. The van der Waals surface area contributed by atoms with E-state index < -0.39 is 35.4 Å².